The minimum atomic E-state index is -3.78. The summed E-state index contributed by atoms with van der Waals surface area (Å²) in [5, 5.41) is 2.93. The van der Waals surface area contributed by atoms with Crippen molar-refractivity contribution in [1.82, 2.24) is 10.2 Å². The second-order valence-corrected chi connectivity index (χ2v) is 11.3. The number of hydrogen-bond acceptors (Lipinski definition) is 4. The first-order chi connectivity index (χ1) is 18.7. The Labute approximate surface area is 230 Å². The number of anilines is 1. The number of carbonyl (C=O) groups excluding carboxylic acids is 2. The fourth-order valence-electron chi connectivity index (χ4n) is 4.34. The van der Waals surface area contributed by atoms with Crippen molar-refractivity contribution in [3.8, 4) is 0 Å². The van der Waals surface area contributed by atoms with Crippen molar-refractivity contribution in [2.45, 2.75) is 45.2 Å². The van der Waals surface area contributed by atoms with Gasteiger partial charge in [-0.3, -0.25) is 13.9 Å². The Morgan fingerprint density at radius 3 is 2.08 bits per heavy atom. The maximum absolute atomic E-state index is 14.4. The normalized spacial score (nSPS) is 12.0. The number of para-hydroxylation sites is 1. The molecule has 0 aliphatic heterocycles. The van der Waals surface area contributed by atoms with Crippen LogP contribution in [0.4, 0.5) is 10.1 Å². The Morgan fingerprint density at radius 2 is 1.49 bits per heavy atom. The van der Waals surface area contributed by atoms with Crippen LogP contribution in [0.1, 0.15) is 37.3 Å². The van der Waals surface area contributed by atoms with Crippen LogP contribution < -0.4 is 9.62 Å². The summed E-state index contributed by atoms with van der Waals surface area (Å²) in [6, 6.07) is 23.8. The highest BCUT2D eigenvalue weighted by Gasteiger charge is 2.30. The Balaban J connectivity index is 1.85. The van der Waals surface area contributed by atoms with Gasteiger partial charge < -0.3 is 10.2 Å². The molecule has 1 unspecified atom stereocenters. The molecule has 0 heterocycles. The molecule has 0 aromatic heterocycles. The molecule has 3 aromatic rings. The summed E-state index contributed by atoms with van der Waals surface area (Å²) in [6.45, 7) is 2.60. The molecule has 3 rings (SSSR count). The van der Waals surface area contributed by atoms with Crippen LogP contribution in [-0.2, 0) is 32.6 Å². The van der Waals surface area contributed by atoms with Gasteiger partial charge in [0.05, 0.1) is 11.9 Å². The summed E-state index contributed by atoms with van der Waals surface area (Å²) in [6.07, 6.45) is 2.24. The SMILES string of the molecule is CCCNC(=O)C(Cc1ccccc1)N(Cc1ccccc1)C(=O)CCCN(c1ccccc1F)S(C)(=O)=O. The first-order valence-corrected chi connectivity index (χ1v) is 14.9. The Bertz CT molecular complexity index is 1320. The molecule has 0 radical (unpaired) electrons. The van der Waals surface area contributed by atoms with Crippen molar-refractivity contribution in [2.24, 2.45) is 0 Å². The van der Waals surface area contributed by atoms with Crippen LogP contribution in [-0.4, -0.2) is 50.5 Å². The smallest absolute Gasteiger partial charge is 0.243 e. The van der Waals surface area contributed by atoms with E-state index in [0.717, 1.165) is 28.1 Å². The monoisotopic (exact) mass is 553 g/mol. The molecule has 3 aromatic carbocycles. The van der Waals surface area contributed by atoms with Crippen molar-refractivity contribution < 1.29 is 22.4 Å². The molecule has 208 valence electrons. The summed E-state index contributed by atoms with van der Waals surface area (Å²) >= 11 is 0. The van der Waals surface area contributed by atoms with Crippen LogP contribution in [0.5, 0.6) is 0 Å². The lowest BCUT2D eigenvalue weighted by Crippen LogP contribution is -2.50. The van der Waals surface area contributed by atoms with Crippen LogP contribution >= 0.6 is 0 Å². The highest BCUT2D eigenvalue weighted by Crippen LogP contribution is 2.23. The quantitative estimate of drug-likeness (QED) is 0.318. The lowest BCUT2D eigenvalue weighted by atomic mass is 10.0. The van der Waals surface area contributed by atoms with E-state index in [0.29, 0.717) is 13.0 Å². The standard InChI is InChI=1S/C30H36FN3O4S/c1-3-20-32-30(36)28(22-24-13-6-4-7-14-24)33(23-25-15-8-5-9-16-25)29(35)19-12-21-34(39(2,37)38)27-18-11-10-17-26(27)31/h4-11,13-18,28H,3,12,19-23H2,1-2H3,(H,32,36). The van der Waals surface area contributed by atoms with E-state index in [1.165, 1.54) is 18.2 Å². The molecular formula is C30H36FN3O4S. The molecule has 0 saturated heterocycles. The molecule has 0 bridgehead atoms. The van der Waals surface area contributed by atoms with Gasteiger partial charge in [0.25, 0.3) is 0 Å². The van der Waals surface area contributed by atoms with E-state index in [-0.39, 0.29) is 43.4 Å². The highest BCUT2D eigenvalue weighted by atomic mass is 32.2. The Kier molecular flexibility index (Phi) is 11.0. The maximum atomic E-state index is 14.4. The fraction of sp³-hybridized carbons (Fsp3) is 0.333. The highest BCUT2D eigenvalue weighted by molar-refractivity contribution is 7.92. The molecule has 9 heteroatoms. The number of benzene rings is 3. The number of hydrogen-bond donors (Lipinski definition) is 1. The lowest BCUT2D eigenvalue weighted by molar-refractivity contribution is -0.141. The first-order valence-electron chi connectivity index (χ1n) is 13.1. The largest absolute Gasteiger partial charge is 0.354 e. The second kappa shape index (κ2) is 14.4. The minimum Gasteiger partial charge on any atom is -0.354 e. The van der Waals surface area contributed by atoms with Crippen LogP contribution in [0.25, 0.3) is 0 Å². The molecule has 7 nitrogen and oxygen atoms in total. The molecule has 0 aliphatic rings. The molecule has 0 spiro atoms. The average Bonchev–Trinajstić information content (AvgIpc) is 2.92. The summed E-state index contributed by atoms with van der Waals surface area (Å²) < 4.78 is 40.3. The number of nitrogens with one attached hydrogen (secondary N) is 1. The fourth-order valence-corrected chi connectivity index (χ4v) is 5.30. The Morgan fingerprint density at radius 1 is 0.897 bits per heavy atom. The number of rotatable bonds is 14. The lowest BCUT2D eigenvalue weighted by Gasteiger charge is -2.32. The van der Waals surface area contributed by atoms with Crippen LogP contribution in [0.3, 0.4) is 0 Å². The molecular weight excluding hydrogens is 517 g/mol. The maximum Gasteiger partial charge on any atom is 0.243 e. The Hall–Kier alpha value is -3.72. The third kappa shape index (κ3) is 8.92. The van der Waals surface area contributed by atoms with Gasteiger partial charge in [0, 0.05) is 32.5 Å². The molecule has 0 saturated carbocycles. The molecule has 0 fully saturated rings. The average molecular weight is 554 g/mol. The van der Waals surface area contributed by atoms with Gasteiger partial charge in [-0.1, -0.05) is 79.7 Å². The van der Waals surface area contributed by atoms with Crippen LogP contribution in [0.15, 0.2) is 84.9 Å². The van der Waals surface area contributed by atoms with Gasteiger partial charge in [-0.25, -0.2) is 12.8 Å². The zero-order valence-electron chi connectivity index (χ0n) is 22.4. The van der Waals surface area contributed by atoms with E-state index in [9.17, 15) is 22.4 Å². The molecule has 39 heavy (non-hydrogen) atoms. The van der Waals surface area contributed by atoms with Crippen LogP contribution in [0, 0.1) is 5.82 Å². The van der Waals surface area contributed by atoms with Gasteiger partial charge in [0.15, 0.2) is 0 Å². The number of sulfonamides is 1. The van der Waals surface area contributed by atoms with Gasteiger partial charge in [-0.2, -0.15) is 0 Å². The van der Waals surface area contributed by atoms with E-state index >= 15 is 0 Å². The summed E-state index contributed by atoms with van der Waals surface area (Å²) in [7, 11) is -3.78. The summed E-state index contributed by atoms with van der Waals surface area (Å²) in [4.78, 5) is 28.6. The van der Waals surface area contributed by atoms with E-state index in [2.05, 4.69) is 5.32 Å². The second-order valence-electron chi connectivity index (χ2n) is 9.39. The van der Waals surface area contributed by atoms with E-state index in [1.807, 2.05) is 67.6 Å². The van der Waals surface area contributed by atoms with Gasteiger partial charge in [0.2, 0.25) is 21.8 Å². The van der Waals surface area contributed by atoms with Crippen molar-refractivity contribution in [3.05, 3.63) is 102 Å². The van der Waals surface area contributed by atoms with Crippen molar-refractivity contribution in [2.75, 3.05) is 23.7 Å². The van der Waals surface area contributed by atoms with Crippen molar-refractivity contribution >= 4 is 27.5 Å². The van der Waals surface area contributed by atoms with Gasteiger partial charge in [-0.05, 0) is 36.1 Å². The third-order valence-electron chi connectivity index (χ3n) is 6.29. The van der Waals surface area contributed by atoms with E-state index in [4.69, 9.17) is 0 Å². The third-order valence-corrected chi connectivity index (χ3v) is 7.47. The predicted octanol–water partition coefficient (Wildman–Crippen LogP) is 4.54. The molecule has 0 aliphatic carbocycles. The molecule has 2 amide bonds. The number of amides is 2. The summed E-state index contributed by atoms with van der Waals surface area (Å²) in [5.74, 6) is -1.18. The minimum absolute atomic E-state index is 0.0142. The van der Waals surface area contributed by atoms with E-state index in [1.54, 1.807) is 11.0 Å². The van der Waals surface area contributed by atoms with Gasteiger partial charge in [0.1, 0.15) is 11.9 Å². The summed E-state index contributed by atoms with van der Waals surface area (Å²) in [5.41, 5.74) is 1.73. The topological polar surface area (TPSA) is 86.8 Å². The number of carbonyl (C=O) groups is 2. The van der Waals surface area contributed by atoms with E-state index < -0.39 is 21.9 Å². The van der Waals surface area contributed by atoms with Gasteiger partial charge in [-0.15, -0.1) is 0 Å². The first kappa shape index (κ1) is 29.8. The zero-order chi connectivity index (χ0) is 28.3. The van der Waals surface area contributed by atoms with Crippen molar-refractivity contribution in [3.63, 3.8) is 0 Å². The zero-order valence-corrected chi connectivity index (χ0v) is 23.2. The van der Waals surface area contributed by atoms with Crippen LogP contribution in [0.2, 0.25) is 0 Å². The predicted molar refractivity (Wildman–Crippen MR) is 152 cm³/mol. The number of nitrogens with zero attached hydrogens (tertiary/aromatic N) is 2. The van der Waals surface area contributed by atoms with Crippen molar-refractivity contribution in [1.29, 1.82) is 0 Å². The number of halogens is 1. The van der Waals surface area contributed by atoms with Gasteiger partial charge >= 0.3 is 0 Å². The molecule has 1 atom stereocenters. The molecule has 1 N–H and O–H groups in total.